The van der Waals surface area contributed by atoms with Crippen LogP contribution in [-0.4, -0.2) is 32.0 Å². The highest BCUT2D eigenvalue weighted by Gasteiger charge is 2.11. The first-order valence-electron chi connectivity index (χ1n) is 8.58. The molecule has 26 heavy (non-hydrogen) atoms. The highest BCUT2D eigenvalue weighted by Crippen LogP contribution is 2.20. The van der Waals surface area contributed by atoms with Crippen LogP contribution < -0.4 is 5.32 Å². The number of halogens is 1. The molecule has 0 spiro atoms. The number of amides is 1. The lowest BCUT2D eigenvalue weighted by atomic mass is 10.1. The fraction of sp³-hybridized carbons (Fsp3) is 0.316. The van der Waals surface area contributed by atoms with E-state index >= 15 is 0 Å². The van der Waals surface area contributed by atoms with Crippen LogP contribution in [0.25, 0.3) is 0 Å². The molecule has 2 heterocycles. The monoisotopic (exact) mass is 371 g/mol. The number of hydrogen-bond donors (Lipinski definition) is 1. The fourth-order valence-electron chi connectivity index (χ4n) is 2.79. The zero-order valence-corrected chi connectivity index (χ0v) is 15.7. The molecule has 0 aliphatic heterocycles. The van der Waals surface area contributed by atoms with Crippen LogP contribution in [0.3, 0.4) is 0 Å². The zero-order chi connectivity index (χ0) is 18.5. The Morgan fingerprint density at radius 1 is 1.27 bits per heavy atom. The predicted molar refractivity (Wildman–Crippen MR) is 101 cm³/mol. The van der Waals surface area contributed by atoms with Gasteiger partial charge in [0, 0.05) is 31.0 Å². The van der Waals surface area contributed by atoms with Crippen molar-refractivity contribution in [2.24, 2.45) is 0 Å². The van der Waals surface area contributed by atoms with Crippen LogP contribution in [0, 0.1) is 13.8 Å². The molecule has 0 unspecified atom stereocenters. The maximum absolute atomic E-state index is 12.4. The third-order valence-corrected chi connectivity index (χ3v) is 4.77. The number of carbonyl (C=O) groups is 1. The minimum atomic E-state index is -0.0706. The third-order valence-electron chi connectivity index (χ3n) is 4.22. The number of rotatable bonds is 7. The van der Waals surface area contributed by atoms with E-state index in [1.807, 2.05) is 59.7 Å². The van der Waals surface area contributed by atoms with Crippen molar-refractivity contribution in [3.63, 3.8) is 0 Å². The molecule has 1 N–H and O–H groups in total. The lowest BCUT2D eigenvalue weighted by Gasteiger charge is -2.08. The van der Waals surface area contributed by atoms with E-state index in [1.54, 1.807) is 6.20 Å². The smallest absolute Gasteiger partial charge is 0.251 e. The average molecular weight is 372 g/mol. The Morgan fingerprint density at radius 2 is 2.12 bits per heavy atom. The van der Waals surface area contributed by atoms with Crippen LogP contribution in [0.4, 0.5) is 0 Å². The molecule has 3 rings (SSSR count). The molecule has 0 aliphatic rings. The summed E-state index contributed by atoms with van der Waals surface area (Å²) >= 11 is 6.20. The second-order valence-electron chi connectivity index (χ2n) is 6.22. The topological polar surface area (TPSA) is 64.7 Å². The number of hydrogen-bond acceptors (Lipinski definition) is 3. The van der Waals surface area contributed by atoms with Crippen LogP contribution in [0.2, 0.25) is 5.02 Å². The van der Waals surface area contributed by atoms with Gasteiger partial charge < -0.3 is 5.32 Å². The van der Waals surface area contributed by atoms with Crippen molar-refractivity contribution in [2.75, 3.05) is 6.54 Å². The maximum atomic E-state index is 12.4. The molecule has 0 saturated carbocycles. The molecule has 0 atom stereocenters. The van der Waals surface area contributed by atoms with Gasteiger partial charge in [-0.2, -0.15) is 10.2 Å². The molecule has 0 fully saturated rings. The van der Waals surface area contributed by atoms with Gasteiger partial charge in [-0.25, -0.2) is 0 Å². The van der Waals surface area contributed by atoms with Crippen LogP contribution >= 0.6 is 11.6 Å². The standard InChI is InChI=1S/C19H22ClN5O/c1-14-18(20)15(2)25(23-14)13-16-6-3-7-17(12-16)19(26)21-8-4-10-24-11-5-9-22-24/h3,5-7,9,11-12H,4,8,10,13H2,1-2H3,(H,21,26). The van der Waals surface area contributed by atoms with Crippen molar-refractivity contribution >= 4 is 17.5 Å². The minimum Gasteiger partial charge on any atom is -0.352 e. The summed E-state index contributed by atoms with van der Waals surface area (Å²) in [7, 11) is 0. The first kappa shape index (κ1) is 18.2. The second-order valence-corrected chi connectivity index (χ2v) is 6.60. The van der Waals surface area contributed by atoms with Gasteiger partial charge in [0.25, 0.3) is 5.91 Å². The summed E-state index contributed by atoms with van der Waals surface area (Å²) in [5.41, 5.74) is 3.40. The molecule has 6 nitrogen and oxygen atoms in total. The summed E-state index contributed by atoms with van der Waals surface area (Å²) in [5, 5.41) is 12.2. The van der Waals surface area contributed by atoms with Crippen molar-refractivity contribution in [1.29, 1.82) is 0 Å². The SMILES string of the molecule is Cc1nn(Cc2cccc(C(=O)NCCCn3cccn3)c2)c(C)c1Cl. The van der Waals surface area contributed by atoms with Crippen LogP contribution in [-0.2, 0) is 13.1 Å². The largest absolute Gasteiger partial charge is 0.352 e. The Kier molecular flexibility index (Phi) is 5.73. The quantitative estimate of drug-likeness (QED) is 0.648. The summed E-state index contributed by atoms with van der Waals surface area (Å²) in [6, 6.07) is 9.48. The van der Waals surface area contributed by atoms with Crippen LogP contribution in [0.1, 0.15) is 33.7 Å². The van der Waals surface area contributed by atoms with Crippen molar-refractivity contribution in [1.82, 2.24) is 24.9 Å². The number of benzene rings is 1. The Labute approximate surface area is 157 Å². The highest BCUT2D eigenvalue weighted by molar-refractivity contribution is 6.31. The molecular formula is C19H22ClN5O. The summed E-state index contributed by atoms with van der Waals surface area (Å²) in [4.78, 5) is 12.4. The van der Waals surface area contributed by atoms with Crippen LogP contribution in [0.5, 0.6) is 0 Å². The lowest BCUT2D eigenvalue weighted by molar-refractivity contribution is 0.0952. The molecule has 0 bridgehead atoms. The van der Waals surface area contributed by atoms with Gasteiger partial charge in [0.2, 0.25) is 0 Å². The molecule has 0 saturated heterocycles. The first-order valence-corrected chi connectivity index (χ1v) is 8.96. The van der Waals surface area contributed by atoms with Gasteiger partial charge in [0.15, 0.2) is 0 Å². The van der Waals surface area contributed by atoms with Crippen molar-refractivity contribution < 1.29 is 4.79 Å². The number of aromatic nitrogens is 4. The third kappa shape index (κ3) is 4.32. The second kappa shape index (κ2) is 8.19. The molecular weight excluding hydrogens is 350 g/mol. The van der Waals surface area contributed by atoms with E-state index in [0.29, 0.717) is 23.7 Å². The summed E-state index contributed by atoms with van der Waals surface area (Å²) in [5.74, 6) is -0.0706. The van der Waals surface area contributed by atoms with E-state index in [2.05, 4.69) is 15.5 Å². The lowest BCUT2D eigenvalue weighted by Crippen LogP contribution is -2.25. The Morgan fingerprint density at radius 3 is 2.81 bits per heavy atom. The number of nitrogens with zero attached hydrogens (tertiary/aromatic N) is 4. The molecule has 1 amide bonds. The van der Waals surface area contributed by atoms with E-state index in [1.165, 1.54) is 0 Å². The summed E-state index contributed by atoms with van der Waals surface area (Å²) in [6.07, 6.45) is 4.49. The predicted octanol–water partition coefficient (Wildman–Crippen LogP) is 3.22. The average Bonchev–Trinajstić information content (AvgIpc) is 3.24. The van der Waals surface area contributed by atoms with E-state index in [4.69, 9.17) is 11.6 Å². The van der Waals surface area contributed by atoms with E-state index < -0.39 is 0 Å². The van der Waals surface area contributed by atoms with Gasteiger partial charge in [0.05, 0.1) is 23.0 Å². The fourth-order valence-corrected chi connectivity index (χ4v) is 2.93. The van der Waals surface area contributed by atoms with Crippen LogP contribution in [0.15, 0.2) is 42.7 Å². The zero-order valence-electron chi connectivity index (χ0n) is 14.9. The molecule has 0 radical (unpaired) electrons. The van der Waals surface area contributed by atoms with Gasteiger partial charge in [-0.15, -0.1) is 0 Å². The molecule has 7 heteroatoms. The van der Waals surface area contributed by atoms with E-state index in [0.717, 1.165) is 29.9 Å². The highest BCUT2D eigenvalue weighted by atomic mass is 35.5. The molecule has 0 aliphatic carbocycles. The van der Waals surface area contributed by atoms with E-state index in [-0.39, 0.29) is 5.91 Å². The van der Waals surface area contributed by atoms with E-state index in [9.17, 15) is 4.79 Å². The number of aryl methyl sites for hydroxylation is 2. The minimum absolute atomic E-state index is 0.0706. The van der Waals surface area contributed by atoms with Gasteiger partial charge in [-0.1, -0.05) is 23.7 Å². The maximum Gasteiger partial charge on any atom is 0.251 e. The number of nitrogens with one attached hydrogen (secondary N) is 1. The summed E-state index contributed by atoms with van der Waals surface area (Å²) < 4.78 is 3.71. The Hall–Kier alpha value is -2.60. The summed E-state index contributed by atoms with van der Waals surface area (Å²) in [6.45, 7) is 5.80. The molecule has 2 aromatic heterocycles. The Balaban J connectivity index is 1.57. The van der Waals surface area contributed by atoms with Gasteiger partial charge >= 0.3 is 0 Å². The molecule has 1 aromatic carbocycles. The van der Waals surface area contributed by atoms with Gasteiger partial charge in [-0.3, -0.25) is 14.2 Å². The molecule has 3 aromatic rings. The van der Waals surface area contributed by atoms with Crippen molar-refractivity contribution in [3.05, 3.63) is 70.3 Å². The normalized spacial score (nSPS) is 10.9. The Bertz CT molecular complexity index is 885. The van der Waals surface area contributed by atoms with Crippen molar-refractivity contribution in [3.8, 4) is 0 Å². The number of carbonyl (C=O) groups excluding carboxylic acids is 1. The first-order chi connectivity index (χ1) is 12.5. The van der Waals surface area contributed by atoms with Gasteiger partial charge in [-0.05, 0) is 44.0 Å². The van der Waals surface area contributed by atoms with Crippen molar-refractivity contribution in [2.45, 2.75) is 33.4 Å². The molecule has 136 valence electrons. The van der Waals surface area contributed by atoms with Gasteiger partial charge in [0.1, 0.15) is 0 Å².